The van der Waals surface area contributed by atoms with Crippen LogP contribution < -0.4 is 0 Å². The number of hydrogen-bond donors (Lipinski definition) is 0. The lowest BCUT2D eigenvalue weighted by atomic mass is 10.1. The first-order chi connectivity index (χ1) is 5.72. The predicted octanol–water partition coefficient (Wildman–Crippen LogP) is 3.75. The molecule has 0 amide bonds. The minimum absolute atomic E-state index is 0.525. The van der Waals surface area contributed by atoms with Gasteiger partial charge in [0.1, 0.15) is 0 Å². The topological polar surface area (TPSA) is 9.23 Å². The van der Waals surface area contributed by atoms with Gasteiger partial charge in [-0.05, 0) is 18.9 Å². The zero-order chi connectivity index (χ0) is 9.40. The Morgan fingerprint density at radius 3 is 2.42 bits per heavy atom. The Balaban J connectivity index is 3.63. The SMILES string of the molecule is CCCCC/C=C(\OC)C(C)C. The van der Waals surface area contributed by atoms with Crippen LogP contribution >= 0.6 is 0 Å². The Labute approximate surface area is 76.8 Å². The van der Waals surface area contributed by atoms with Gasteiger partial charge in [-0.3, -0.25) is 0 Å². The van der Waals surface area contributed by atoms with Gasteiger partial charge < -0.3 is 4.74 Å². The van der Waals surface area contributed by atoms with Gasteiger partial charge in [0.2, 0.25) is 0 Å². The van der Waals surface area contributed by atoms with Crippen LogP contribution in [0.1, 0.15) is 46.5 Å². The maximum atomic E-state index is 5.25. The number of rotatable bonds is 6. The highest BCUT2D eigenvalue weighted by molar-refractivity contribution is 4.95. The molecule has 0 aromatic carbocycles. The zero-order valence-electron chi connectivity index (χ0n) is 8.89. The van der Waals surface area contributed by atoms with Crippen molar-refractivity contribution in [3.63, 3.8) is 0 Å². The molecule has 0 aliphatic rings. The van der Waals surface area contributed by atoms with Crippen LogP contribution in [0.25, 0.3) is 0 Å². The number of unbranched alkanes of at least 4 members (excludes halogenated alkanes) is 3. The summed E-state index contributed by atoms with van der Waals surface area (Å²) in [5.74, 6) is 1.66. The van der Waals surface area contributed by atoms with E-state index in [9.17, 15) is 0 Å². The van der Waals surface area contributed by atoms with Crippen LogP contribution in [0, 0.1) is 5.92 Å². The molecule has 0 aromatic heterocycles. The fraction of sp³-hybridized carbons (Fsp3) is 0.818. The van der Waals surface area contributed by atoms with Crippen molar-refractivity contribution < 1.29 is 4.74 Å². The number of methoxy groups -OCH3 is 1. The highest BCUT2D eigenvalue weighted by atomic mass is 16.5. The molecule has 0 aliphatic carbocycles. The Morgan fingerprint density at radius 2 is 2.00 bits per heavy atom. The van der Waals surface area contributed by atoms with Crippen LogP contribution in [0.5, 0.6) is 0 Å². The number of allylic oxidation sites excluding steroid dienone is 2. The Bertz CT molecular complexity index is 125. The molecule has 0 heterocycles. The van der Waals surface area contributed by atoms with Crippen LogP contribution in [0.4, 0.5) is 0 Å². The van der Waals surface area contributed by atoms with Crippen molar-refractivity contribution in [1.82, 2.24) is 0 Å². The highest BCUT2D eigenvalue weighted by Crippen LogP contribution is 2.12. The Morgan fingerprint density at radius 1 is 1.33 bits per heavy atom. The van der Waals surface area contributed by atoms with E-state index in [1.165, 1.54) is 19.3 Å². The van der Waals surface area contributed by atoms with Gasteiger partial charge in [-0.25, -0.2) is 0 Å². The monoisotopic (exact) mass is 170 g/mol. The van der Waals surface area contributed by atoms with Gasteiger partial charge in [0.05, 0.1) is 12.9 Å². The highest BCUT2D eigenvalue weighted by Gasteiger charge is 2.00. The second kappa shape index (κ2) is 7.20. The molecule has 0 unspecified atom stereocenters. The molecule has 0 N–H and O–H groups in total. The molecule has 0 radical (unpaired) electrons. The molecule has 0 atom stereocenters. The standard InChI is InChI=1S/C11H22O/c1-5-6-7-8-9-11(12-4)10(2)3/h9-10H,5-8H2,1-4H3/b11-9-. The van der Waals surface area contributed by atoms with Crippen molar-refractivity contribution in [2.45, 2.75) is 46.5 Å². The van der Waals surface area contributed by atoms with Crippen molar-refractivity contribution >= 4 is 0 Å². The van der Waals surface area contributed by atoms with Gasteiger partial charge in [-0.2, -0.15) is 0 Å². The molecule has 0 aliphatic heterocycles. The third-order valence-corrected chi connectivity index (χ3v) is 1.96. The van der Waals surface area contributed by atoms with Crippen LogP contribution in [-0.2, 0) is 4.74 Å². The first-order valence-corrected chi connectivity index (χ1v) is 4.96. The summed E-state index contributed by atoms with van der Waals surface area (Å²) < 4.78 is 5.25. The van der Waals surface area contributed by atoms with E-state index in [-0.39, 0.29) is 0 Å². The molecule has 0 spiro atoms. The largest absolute Gasteiger partial charge is 0.501 e. The molecular formula is C11H22O. The van der Waals surface area contributed by atoms with Crippen molar-refractivity contribution in [2.75, 3.05) is 7.11 Å². The summed E-state index contributed by atoms with van der Waals surface area (Å²) in [6.07, 6.45) is 7.29. The number of hydrogen-bond acceptors (Lipinski definition) is 1. The van der Waals surface area contributed by atoms with E-state index >= 15 is 0 Å². The summed E-state index contributed by atoms with van der Waals surface area (Å²) in [5, 5.41) is 0. The zero-order valence-corrected chi connectivity index (χ0v) is 8.89. The fourth-order valence-corrected chi connectivity index (χ4v) is 1.19. The van der Waals surface area contributed by atoms with Gasteiger partial charge >= 0.3 is 0 Å². The lowest BCUT2D eigenvalue weighted by Gasteiger charge is -2.09. The maximum Gasteiger partial charge on any atom is 0.0940 e. The van der Waals surface area contributed by atoms with E-state index in [1.54, 1.807) is 7.11 Å². The summed E-state index contributed by atoms with van der Waals surface area (Å²) in [5.41, 5.74) is 0. The smallest absolute Gasteiger partial charge is 0.0940 e. The third-order valence-electron chi connectivity index (χ3n) is 1.96. The lowest BCUT2D eigenvalue weighted by Crippen LogP contribution is -1.96. The van der Waals surface area contributed by atoms with Gasteiger partial charge in [-0.15, -0.1) is 0 Å². The Kier molecular flexibility index (Phi) is 6.93. The molecule has 1 heteroatoms. The van der Waals surface area contributed by atoms with E-state index < -0.39 is 0 Å². The van der Waals surface area contributed by atoms with Gasteiger partial charge in [0.15, 0.2) is 0 Å². The van der Waals surface area contributed by atoms with Gasteiger partial charge in [0, 0.05) is 5.92 Å². The molecule has 0 saturated heterocycles. The minimum atomic E-state index is 0.525. The summed E-state index contributed by atoms with van der Waals surface area (Å²) >= 11 is 0. The first-order valence-electron chi connectivity index (χ1n) is 4.96. The van der Waals surface area contributed by atoms with Crippen LogP contribution in [-0.4, -0.2) is 7.11 Å². The van der Waals surface area contributed by atoms with E-state index in [0.29, 0.717) is 5.92 Å². The maximum absolute atomic E-state index is 5.25. The van der Waals surface area contributed by atoms with E-state index in [2.05, 4.69) is 26.8 Å². The molecule has 0 bridgehead atoms. The minimum Gasteiger partial charge on any atom is -0.501 e. The van der Waals surface area contributed by atoms with E-state index in [0.717, 1.165) is 12.2 Å². The third kappa shape index (κ3) is 5.22. The summed E-state index contributed by atoms with van der Waals surface area (Å²) in [6, 6.07) is 0. The van der Waals surface area contributed by atoms with E-state index in [1.807, 2.05) is 0 Å². The molecule has 0 saturated carbocycles. The summed E-state index contributed by atoms with van der Waals surface area (Å²) in [7, 11) is 1.76. The van der Waals surface area contributed by atoms with Crippen molar-refractivity contribution in [3.8, 4) is 0 Å². The fourth-order valence-electron chi connectivity index (χ4n) is 1.19. The van der Waals surface area contributed by atoms with Crippen molar-refractivity contribution in [3.05, 3.63) is 11.8 Å². The Hall–Kier alpha value is -0.460. The second-order valence-electron chi connectivity index (χ2n) is 3.46. The number of ether oxygens (including phenoxy) is 1. The second-order valence-corrected chi connectivity index (χ2v) is 3.46. The van der Waals surface area contributed by atoms with Crippen molar-refractivity contribution in [2.24, 2.45) is 5.92 Å². The quantitative estimate of drug-likeness (QED) is 0.435. The van der Waals surface area contributed by atoms with E-state index in [4.69, 9.17) is 4.74 Å². The van der Waals surface area contributed by atoms with Crippen LogP contribution in [0.15, 0.2) is 11.8 Å². The first kappa shape index (κ1) is 11.5. The molecular weight excluding hydrogens is 148 g/mol. The molecule has 72 valence electrons. The summed E-state index contributed by atoms with van der Waals surface area (Å²) in [4.78, 5) is 0. The molecule has 0 aromatic rings. The predicted molar refractivity (Wildman–Crippen MR) is 54.1 cm³/mol. The molecule has 1 nitrogen and oxygen atoms in total. The van der Waals surface area contributed by atoms with Crippen molar-refractivity contribution in [1.29, 1.82) is 0 Å². The normalized spacial score (nSPS) is 12.2. The molecule has 0 rings (SSSR count). The van der Waals surface area contributed by atoms with Crippen LogP contribution in [0.3, 0.4) is 0 Å². The lowest BCUT2D eigenvalue weighted by molar-refractivity contribution is 0.251. The molecule has 12 heavy (non-hydrogen) atoms. The summed E-state index contributed by atoms with van der Waals surface area (Å²) in [6.45, 7) is 6.55. The molecule has 0 fully saturated rings. The average molecular weight is 170 g/mol. The van der Waals surface area contributed by atoms with Gasteiger partial charge in [0.25, 0.3) is 0 Å². The average Bonchev–Trinajstić information content (AvgIpc) is 2.04. The van der Waals surface area contributed by atoms with Crippen LogP contribution in [0.2, 0.25) is 0 Å². The van der Waals surface area contributed by atoms with Gasteiger partial charge in [-0.1, -0.05) is 33.6 Å².